The molecular weight excluding hydrogens is 236 g/mol. The van der Waals surface area contributed by atoms with Crippen LogP contribution in [-0.4, -0.2) is 49.3 Å². The monoisotopic (exact) mass is 262 g/mol. The number of likely N-dealkylation sites (tertiary alicyclic amines) is 1. The average Bonchev–Trinajstić information content (AvgIpc) is 2.69. The standard InChI is InChI=1S/C13H26N2O.ClH/c1-12(11-16)4-7-15(8-5-12)10-13(2)3-6-14-9-13;/h14,16H,3-11H2,1-2H3;1H. The van der Waals surface area contributed by atoms with E-state index in [1.165, 1.54) is 26.1 Å². The van der Waals surface area contributed by atoms with E-state index >= 15 is 0 Å². The minimum atomic E-state index is 0. The van der Waals surface area contributed by atoms with Crippen LogP contribution in [-0.2, 0) is 0 Å². The summed E-state index contributed by atoms with van der Waals surface area (Å²) >= 11 is 0. The summed E-state index contributed by atoms with van der Waals surface area (Å²) in [5, 5.41) is 12.8. The van der Waals surface area contributed by atoms with E-state index in [9.17, 15) is 5.11 Å². The highest BCUT2D eigenvalue weighted by molar-refractivity contribution is 5.85. The average molecular weight is 263 g/mol. The van der Waals surface area contributed by atoms with Gasteiger partial charge in [0, 0.05) is 19.7 Å². The van der Waals surface area contributed by atoms with E-state index in [0.717, 1.165) is 25.9 Å². The molecule has 1 unspecified atom stereocenters. The minimum Gasteiger partial charge on any atom is -0.396 e. The van der Waals surface area contributed by atoms with Crippen molar-refractivity contribution < 1.29 is 5.11 Å². The molecule has 2 fully saturated rings. The van der Waals surface area contributed by atoms with Crippen LogP contribution >= 0.6 is 12.4 Å². The lowest BCUT2D eigenvalue weighted by atomic mass is 9.80. The Morgan fingerprint density at radius 2 is 1.76 bits per heavy atom. The Balaban J connectivity index is 0.00000144. The van der Waals surface area contributed by atoms with Gasteiger partial charge in [0.15, 0.2) is 0 Å². The maximum absolute atomic E-state index is 9.34. The van der Waals surface area contributed by atoms with Crippen molar-refractivity contribution in [3.05, 3.63) is 0 Å². The maximum atomic E-state index is 9.34. The predicted molar refractivity (Wildman–Crippen MR) is 73.7 cm³/mol. The Labute approximate surface area is 111 Å². The number of rotatable bonds is 3. The van der Waals surface area contributed by atoms with Crippen LogP contribution in [0.5, 0.6) is 0 Å². The van der Waals surface area contributed by atoms with Crippen molar-refractivity contribution in [1.29, 1.82) is 0 Å². The van der Waals surface area contributed by atoms with Gasteiger partial charge >= 0.3 is 0 Å². The van der Waals surface area contributed by atoms with E-state index in [4.69, 9.17) is 0 Å². The van der Waals surface area contributed by atoms with Crippen molar-refractivity contribution in [2.24, 2.45) is 10.8 Å². The summed E-state index contributed by atoms with van der Waals surface area (Å²) in [6.45, 7) is 10.8. The lowest BCUT2D eigenvalue weighted by molar-refractivity contribution is 0.0432. The van der Waals surface area contributed by atoms with Gasteiger partial charge in [-0.15, -0.1) is 12.4 Å². The minimum absolute atomic E-state index is 0. The fourth-order valence-corrected chi connectivity index (χ4v) is 2.95. The normalized spacial score (nSPS) is 33.4. The van der Waals surface area contributed by atoms with E-state index in [-0.39, 0.29) is 17.8 Å². The lowest BCUT2D eigenvalue weighted by Gasteiger charge is -2.41. The van der Waals surface area contributed by atoms with Gasteiger partial charge in [-0.2, -0.15) is 0 Å². The second-order valence-corrected chi connectivity index (χ2v) is 6.48. The van der Waals surface area contributed by atoms with Gasteiger partial charge in [-0.25, -0.2) is 0 Å². The summed E-state index contributed by atoms with van der Waals surface area (Å²) in [6.07, 6.45) is 3.60. The van der Waals surface area contributed by atoms with Crippen LogP contribution < -0.4 is 5.32 Å². The summed E-state index contributed by atoms with van der Waals surface area (Å²) in [6, 6.07) is 0. The molecule has 102 valence electrons. The highest BCUT2D eigenvalue weighted by Gasteiger charge is 2.34. The number of aliphatic hydroxyl groups is 1. The number of piperidine rings is 1. The first-order valence-electron chi connectivity index (χ1n) is 6.59. The molecule has 0 bridgehead atoms. The third-order valence-electron chi connectivity index (χ3n) is 4.51. The number of hydrogen-bond donors (Lipinski definition) is 2. The molecule has 0 spiro atoms. The molecule has 2 aliphatic heterocycles. The van der Waals surface area contributed by atoms with Crippen molar-refractivity contribution in [1.82, 2.24) is 10.2 Å². The molecule has 2 N–H and O–H groups in total. The van der Waals surface area contributed by atoms with Crippen LogP contribution in [0, 0.1) is 10.8 Å². The summed E-state index contributed by atoms with van der Waals surface area (Å²) in [7, 11) is 0. The number of nitrogens with one attached hydrogen (secondary N) is 1. The van der Waals surface area contributed by atoms with Gasteiger partial charge in [0.05, 0.1) is 0 Å². The molecule has 2 heterocycles. The van der Waals surface area contributed by atoms with E-state index < -0.39 is 0 Å². The molecule has 2 aliphatic rings. The number of aliphatic hydroxyl groups excluding tert-OH is 1. The first kappa shape index (κ1) is 15.2. The maximum Gasteiger partial charge on any atom is 0.0485 e. The Morgan fingerprint density at radius 1 is 1.12 bits per heavy atom. The van der Waals surface area contributed by atoms with Gasteiger partial charge in [-0.1, -0.05) is 13.8 Å². The van der Waals surface area contributed by atoms with E-state index in [0.29, 0.717) is 12.0 Å². The van der Waals surface area contributed by atoms with Gasteiger partial charge in [0.25, 0.3) is 0 Å². The van der Waals surface area contributed by atoms with E-state index in [2.05, 4.69) is 24.1 Å². The van der Waals surface area contributed by atoms with Crippen molar-refractivity contribution in [3.8, 4) is 0 Å². The Kier molecular flexibility index (Phi) is 5.26. The van der Waals surface area contributed by atoms with Crippen LogP contribution in [0.25, 0.3) is 0 Å². The van der Waals surface area contributed by atoms with Crippen LogP contribution in [0.15, 0.2) is 0 Å². The largest absolute Gasteiger partial charge is 0.396 e. The van der Waals surface area contributed by atoms with E-state index in [1.807, 2.05) is 0 Å². The SMILES string of the molecule is CC1(CO)CCN(CC2(C)CCNC2)CC1.Cl. The third kappa shape index (κ3) is 3.82. The molecule has 1 atom stereocenters. The molecule has 0 amide bonds. The van der Waals surface area contributed by atoms with E-state index in [1.54, 1.807) is 0 Å². The smallest absolute Gasteiger partial charge is 0.0485 e. The number of nitrogens with zero attached hydrogens (tertiary/aromatic N) is 1. The third-order valence-corrected chi connectivity index (χ3v) is 4.51. The van der Waals surface area contributed by atoms with Gasteiger partial charge in [-0.05, 0) is 49.7 Å². The molecule has 0 saturated carbocycles. The number of hydrogen-bond acceptors (Lipinski definition) is 3. The highest BCUT2D eigenvalue weighted by Crippen LogP contribution is 2.33. The zero-order valence-corrected chi connectivity index (χ0v) is 12.0. The summed E-state index contributed by atoms with van der Waals surface area (Å²) in [5.41, 5.74) is 0.665. The Hall–Kier alpha value is 0.170. The molecule has 0 aromatic carbocycles. The molecule has 0 aromatic rings. The van der Waals surface area contributed by atoms with Crippen molar-refractivity contribution in [2.45, 2.75) is 33.1 Å². The van der Waals surface area contributed by atoms with Gasteiger partial charge in [0.2, 0.25) is 0 Å². The fourth-order valence-electron chi connectivity index (χ4n) is 2.95. The first-order valence-corrected chi connectivity index (χ1v) is 6.59. The summed E-state index contributed by atoms with van der Waals surface area (Å²) in [5.74, 6) is 0. The summed E-state index contributed by atoms with van der Waals surface area (Å²) in [4.78, 5) is 2.59. The van der Waals surface area contributed by atoms with Crippen LogP contribution in [0.4, 0.5) is 0 Å². The van der Waals surface area contributed by atoms with Crippen LogP contribution in [0.1, 0.15) is 33.1 Å². The predicted octanol–water partition coefficient (Wildman–Crippen LogP) is 1.50. The van der Waals surface area contributed by atoms with Crippen LogP contribution in [0.2, 0.25) is 0 Å². The topological polar surface area (TPSA) is 35.5 Å². The molecule has 0 radical (unpaired) electrons. The van der Waals surface area contributed by atoms with Crippen molar-refractivity contribution in [3.63, 3.8) is 0 Å². The van der Waals surface area contributed by atoms with Crippen LogP contribution in [0.3, 0.4) is 0 Å². The van der Waals surface area contributed by atoms with Gasteiger partial charge in [0.1, 0.15) is 0 Å². The molecular formula is C13H27ClN2O. The quantitative estimate of drug-likeness (QED) is 0.809. The highest BCUT2D eigenvalue weighted by atomic mass is 35.5. The molecule has 3 nitrogen and oxygen atoms in total. The van der Waals surface area contributed by atoms with Crippen molar-refractivity contribution >= 4 is 12.4 Å². The molecule has 17 heavy (non-hydrogen) atoms. The second kappa shape index (κ2) is 5.87. The molecule has 2 saturated heterocycles. The first-order chi connectivity index (χ1) is 7.55. The Morgan fingerprint density at radius 3 is 2.24 bits per heavy atom. The Bertz CT molecular complexity index is 234. The van der Waals surface area contributed by atoms with Gasteiger partial charge in [-0.3, -0.25) is 0 Å². The lowest BCUT2D eigenvalue weighted by Crippen LogP contribution is -2.45. The molecule has 0 aliphatic carbocycles. The molecule has 4 heteroatoms. The fraction of sp³-hybridized carbons (Fsp3) is 1.00. The zero-order chi connectivity index (χ0) is 11.6. The number of halogens is 1. The van der Waals surface area contributed by atoms with Crippen molar-refractivity contribution in [2.75, 3.05) is 39.3 Å². The zero-order valence-electron chi connectivity index (χ0n) is 11.2. The van der Waals surface area contributed by atoms with Gasteiger partial charge < -0.3 is 15.3 Å². The summed E-state index contributed by atoms with van der Waals surface area (Å²) < 4.78 is 0. The molecule has 0 aromatic heterocycles. The second-order valence-electron chi connectivity index (χ2n) is 6.48. The molecule has 2 rings (SSSR count).